The number of H-pyrrole nitrogens is 2. The Kier molecular flexibility index (Phi) is 3.28. The highest BCUT2D eigenvalue weighted by molar-refractivity contribution is 6.03. The van der Waals surface area contributed by atoms with Crippen molar-refractivity contribution in [1.82, 2.24) is 15.0 Å². The van der Waals surface area contributed by atoms with Crippen LogP contribution in [0, 0.1) is 0 Å². The Hall–Kier alpha value is -3.53. The highest BCUT2D eigenvalue weighted by atomic mass is 16.5. The maximum atomic E-state index is 5.44. The molecule has 0 spiro atoms. The standard InChI is InChI=1S/C22H17N3O/c1-26-15-11-12-17-16(13-15)20(21(23-17)14-7-3-2-4-8-14)22-24-18-9-5-6-10-19(18)25-22/h2-13,23H,1H3,(H,24,25). The molecule has 3 aromatic carbocycles. The van der Waals surface area contributed by atoms with E-state index in [1.54, 1.807) is 7.11 Å². The second kappa shape index (κ2) is 5.77. The molecule has 0 bridgehead atoms. The number of aromatic nitrogens is 3. The van der Waals surface area contributed by atoms with Crippen LogP contribution in [0.1, 0.15) is 0 Å². The number of hydrogen-bond donors (Lipinski definition) is 2. The number of hydrogen-bond acceptors (Lipinski definition) is 2. The van der Waals surface area contributed by atoms with Crippen molar-refractivity contribution in [3.05, 3.63) is 72.8 Å². The van der Waals surface area contributed by atoms with E-state index < -0.39 is 0 Å². The van der Waals surface area contributed by atoms with Gasteiger partial charge in [-0.25, -0.2) is 4.98 Å². The van der Waals surface area contributed by atoms with E-state index in [4.69, 9.17) is 9.72 Å². The van der Waals surface area contributed by atoms with Gasteiger partial charge in [0.05, 0.1) is 29.4 Å². The van der Waals surface area contributed by atoms with Crippen LogP contribution in [0.25, 0.3) is 44.6 Å². The Morgan fingerprint density at radius 2 is 1.62 bits per heavy atom. The van der Waals surface area contributed by atoms with Crippen molar-refractivity contribution in [2.45, 2.75) is 0 Å². The number of aromatic amines is 2. The quantitative estimate of drug-likeness (QED) is 0.463. The molecule has 0 saturated carbocycles. The van der Waals surface area contributed by atoms with Crippen molar-refractivity contribution in [2.24, 2.45) is 0 Å². The second-order valence-corrected chi connectivity index (χ2v) is 6.26. The Labute approximate surface area is 150 Å². The van der Waals surface area contributed by atoms with Crippen LogP contribution in [0.4, 0.5) is 0 Å². The fraction of sp³-hybridized carbons (Fsp3) is 0.0455. The summed E-state index contributed by atoms with van der Waals surface area (Å²) in [5, 5.41) is 1.09. The van der Waals surface area contributed by atoms with E-state index in [0.717, 1.165) is 50.3 Å². The number of rotatable bonds is 3. The third-order valence-electron chi connectivity index (χ3n) is 4.69. The summed E-state index contributed by atoms with van der Waals surface area (Å²) in [7, 11) is 1.69. The Morgan fingerprint density at radius 1 is 0.808 bits per heavy atom. The zero-order chi connectivity index (χ0) is 17.5. The normalized spacial score (nSPS) is 11.3. The summed E-state index contributed by atoms with van der Waals surface area (Å²) in [4.78, 5) is 11.9. The molecule has 0 aliphatic carbocycles. The first kappa shape index (κ1) is 14.8. The molecular weight excluding hydrogens is 322 g/mol. The number of imidazole rings is 1. The number of nitrogens with zero attached hydrogens (tertiary/aromatic N) is 1. The van der Waals surface area contributed by atoms with Gasteiger partial charge >= 0.3 is 0 Å². The van der Waals surface area contributed by atoms with Crippen molar-refractivity contribution in [1.29, 1.82) is 0 Å². The summed E-state index contributed by atoms with van der Waals surface area (Å²) in [5.74, 6) is 1.68. The van der Waals surface area contributed by atoms with E-state index in [-0.39, 0.29) is 0 Å². The molecule has 5 aromatic rings. The van der Waals surface area contributed by atoms with Gasteiger partial charge < -0.3 is 14.7 Å². The smallest absolute Gasteiger partial charge is 0.141 e. The molecule has 0 aliphatic rings. The van der Waals surface area contributed by atoms with Gasteiger partial charge in [-0.05, 0) is 35.9 Å². The molecule has 2 heterocycles. The van der Waals surface area contributed by atoms with E-state index in [2.05, 4.69) is 28.2 Å². The Bertz CT molecular complexity index is 1190. The molecule has 0 atom stereocenters. The van der Waals surface area contributed by atoms with Crippen molar-refractivity contribution in [3.8, 4) is 28.4 Å². The van der Waals surface area contributed by atoms with Crippen LogP contribution in [0.2, 0.25) is 0 Å². The topological polar surface area (TPSA) is 53.7 Å². The number of nitrogens with one attached hydrogen (secondary N) is 2. The third-order valence-corrected chi connectivity index (χ3v) is 4.69. The highest BCUT2D eigenvalue weighted by Crippen LogP contribution is 2.39. The molecule has 2 N–H and O–H groups in total. The minimum Gasteiger partial charge on any atom is -0.497 e. The summed E-state index contributed by atoms with van der Waals surface area (Å²) in [6.07, 6.45) is 0. The molecule has 26 heavy (non-hydrogen) atoms. The molecule has 0 unspecified atom stereocenters. The van der Waals surface area contributed by atoms with Crippen molar-refractivity contribution in [2.75, 3.05) is 7.11 Å². The number of ether oxygens (including phenoxy) is 1. The van der Waals surface area contributed by atoms with E-state index in [1.165, 1.54) is 0 Å². The molecule has 5 rings (SSSR count). The molecule has 0 fully saturated rings. The van der Waals surface area contributed by atoms with Crippen LogP contribution in [0.5, 0.6) is 5.75 Å². The summed E-state index contributed by atoms with van der Waals surface area (Å²) in [6, 6.07) is 24.5. The molecule has 0 saturated heterocycles. The molecule has 0 radical (unpaired) electrons. The summed E-state index contributed by atoms with van der Waals surface area (Å²) in [6.45, 7) is 0. The summed E-state index contributed by atoms with van der Waals surface area (Å²) in [5.41, 5.74) is 6.27. The second-order valence-electron chi connectivity index (χ2n) is 6.26. The lowest BCUT2D eigenvalue weighted by Crippen LogP contribution is -1.85. The molecule has 0 amide bonds. The lowest BCUT2D eigenvalue weighted by molar-refractivity contribution is 0.415. The van der Waals surface area contributed by atoms with Crippen molar-refractivity contribution in [3.63, 3.8) is 0 Å². The maximum absolute atomic E-state index is 5.44. The maximum Gasteiger partial charge on any atom is 0.141 e. The molecule has 126 valence electrons. The van der Waals surface area contributed by atoms with Crippen LogP contribution in [0.15, 0.2) is 72.8 Å². The summed E-state index contributed by atoms with van der Waals surface area (Å²) >= 11 is 0. The Morgan fingerprint density at radius 3 is 2.42 bits per heavy atom. The average Bonchev–Trinajstić information content (AvgIpc) is 3.28. The van der Waals surface area contributed by atoms with Gasteiger partial charge in [0.15, 0.2) is 0 Å². The largest absolute Gasteiger partial charge is 0.497 e. The highest BCUT2D eigenvalue weighted by Gasteiger charge is 2.18. The number of methoxy groups -OCH3 is 1. The molecule has 2 aromatic heterocycles. The van der Waals surface area contributed by atoms with Gasteiger partial charge in [0, 0.05) is 10.9 Å². The van der Waals surface area contributed by atoms with Crippen LogP contribution in [-0.4, -0.2) is 22.1 Å². The van der Waals surface area contributed by atoms with Gasteiger partial charge in [0.25, 0.3) is 0 Å². The number of fused-ring (bicyclic) bond motifs is 2. The predicted octanol–water partition coefficient (Wildman–Crippen LogP) is 5.39. The van der Waals surface area contributed by atoms with Gasteiger partial charge in [-0.15, -0.1) is 0 Å². The van der Waals surface area contributed by atoms with Crippen LogP contribution < -0.4 is 4.74 Å². The fourth-order valence-electron chi connectivity index (χ4n) is 3.44. The van der Waals surface area contributed by atoms with Crippen LogP contribution in [0.3, 0.4) is 0 Å². The zero-order valence-electron chi connectivity index (χ0n) is 14.3. The number of para-hydroxylation sites is 2. The monoisotopic (exact) mass is 339 g/mol. The van der Waals surface area contributed by atoms with Gasteiger partial charge in [-0.2, -0.15) is 0 Å². The third kappa shape index (κ3) is 2.27. The van der Waals surface area contributed by atoms with Crippen molar-refractivity contribution >= 4 is 21.9 Å². The molecule has 4 heteroatoms. The minimum absolute atomic E-state index is 0.827. The predicted molar refractivity (Wildman–Crippen MR) is 105 cm³/mol. The van der Waals surface area contributed by atoms with Gasteiger partial charge in [-0.3, -0.25) is 0 Å². The molecular formula is C22H17N3O. The average molecular weight is 339 g/mol. The number of benzene rings is 3. The van der Waals surface area contributed by atoms with Gasteiger partial charge in [-0.1, -0.05) is 42.5 Å². The minimum atomic E-state index is 0.827. The van der Waals surface area contributed by atoms with Crippen LogP contribution in [-0.2, 0) is 0 Å². The van der Waals surface area contributed by atoms with E-state index in [9.17, 15) is 0 Å². The first-order chi connectivity index (χ1) is 12.8. The zero-order valence-corrected chi connectivity index (χ0v) is 14.3. The lowest BCUT2D eigenvalue weighted by Gasteiger charge is -2.03. The first-order valence-corrected chi connectivity index (χ1v) is 8.54. The lowest BCUT2D eigenvalue weighted by atomic mass is 10.0. The summed E-state index contributed by atoms with van der Waals surface area (Å²) < 4.78 is 5.44. The van der Waals surface area contributed by atoms with Crippen molar-refractivity contribution < 1.29 is 4.74 Å². The van der Waals surface area contributed by atoms with Gasteiger partial charge in [0.1, 0.15) is 11.6 Å². The Balaban J connectivity index is 1.85. The van der Waals surface area contributed by atoms with E-state index in [0.29, 0.717) is 0 Å². The van der Waals surface area contributed by atoms with E-state index >= 15 is 0 Å². The fourth-order valence-corrected chi connectivity index (χ4v) is 3.44. The molecule has 4 nitrogen and oxygen atoms in total. The van der Waals surface area contributed by atoms with Gasteiger partial charge in [0.2, 0.25) is 0 Å². The SMILES string of the molecule is COc1ccc2[nH]c(-c3ccccc3)c(-c3nc4ccccc4[nH]3)c2c1. The molecule has 0 aliphatic heterocycles. The van der Waals surface area contributed by atoms with E-state index in [1.807, 2.05) is 54.6 Å². The first-order valence-electron chi connectivity index (χ1n) is 8.54. The van der Waals surface area contributed by atoms with Crippen LogP contribution >= 0.6 is 0 Å².